The minimum absolute atomic E-state index is 0.0816. The van der Waals surface area contributed by atoms with Crippen molar-refractivity contribution in [2.24, 2.45) is 5.92 Å². The Morgan fingerprint density at radius 3 is 2.50 bits per heavy atom. The Bertz CT molecular complexity index is 1050. The van der Waals surface area contributed by atoms with Crippen LogP contribution in [0.1, 0.15) is 46.6 Å². The van der Waals surface area contributed by atoms with E-state index in [1.807, 2.05) is 21.8 Å². The predicted molar refractivity (Wildman–Crippen MR) is 115 cm³/mol. The molecule has 0 unspecified atom stereocenters. The van der Waals surface area contributed by atoms with Crippen LogP contribution in [0.15, 0.2) is 24.3 Å². The molecule has 2 N–H and O–H groups in total. The Morgan fingerprint density at radius 2 is 1.93 bits per heavy atom. The molecule has 2 aromatic rings. The zero-order valence-electron chi connectivity index (χ0n) is 16.8. The molecule has 3 rings (SSSR count). The number of nitrogens with one attached hydrogen (secondary N) is 1. The maximum Gasteiger partial charge on any atom is 0.284 e. The van der Waals surface area contributed by atoms with Crippen molar-refractivity contribution in [1.29, 1.82) is 5.26 Å². The molecular formula is C20H24N4O4S2. The fourth-order valence-corrected chi connectivity index (χ4v) is 4.89. The summed E-state index contributed by atoms with van der Waals surface area (Å²) in [5.74, 6) is -0.403. The average molecular weight is 449 g/mol. The van der Waals surface area contributed by atoms with Crippen molar-refractivity contribution in [2.45, 2.75) is 38.7 Å². The molecule has 1 aromatic heterocycles. The van der Waals surface area contributed by atoms with E-state index in [-0.39, 0.29) is 11.8 Å². The van der Waals surface area contributed by atoms with Crippen LogP contribution in [0.3, 0.4) is 0 Å². The molecule has 160 valence electrons. The molecule has 1 fully saturated rings. The van der Waals surface area contributed by atoms with E-state index in [9.17, 15) is 18.3 Å². The van der Waals surface area contributed by atoms with E-state index in [0.717, 1.165) is 37.6 Å². The number of aliphatic hydroxyl groups is 1. The second kappa shape index (κ2) is 9.12. The van der Waals surface area contributed by atoms with E-state index >= 15 is 0 Å². The van der Waals surface area contributed by atoms with E-state index < -0.39 is 15.9 Å². The van der Waals surface area contributed by atoms with Crippen LogP contribution in [0.5, 0.6) is 0 Å². The van der Waals surface area contributed by atoms with Gasteiger partial charge in [0.05, 0.1) is 24.0 Å². The highest BCUT2D eigenvalue weighted by Crippen LogP contribution is 2.35. The molecule has 1 aliphatic carbocycles. The number of aryl methyl sites for hydroxylation is 1. The molecule has 1 heterocycles. The molecule has 0 atom stereocenters. The maximum atomic E-state index is 12.3. The summed E-state index contributed by atoms with van der Waals surface area (Å²) in [6.45, 7) is 2.38. The SMILES string of the molecule is Cc1sc(N(C[C@H]2CC[C@H](O)CC2)c2ccc(C#N)cc2)nc1C(=O)NS(C)(=O)=O. The van der Waals surface area contributed by atoms with Crippen LogP contribution < -0.4 is 9.62 Å². The lowest BCUT2D eigenvalue weighted by Crippen LogP contribution is -2.31. The lowest BCUT2D eigenvalue weighted by atomic mass is 9.87. The Morgan fingerprint density at radius 1 is 1.30 bits per heavy atom. The van der Waals surface area contributed by atoms with Gasteiger partial charge in [-0.1, -0.05) is 0 Å². The summed E-state index contributed by atoms with van der Waals surface area (Å²) >= 11 is 1.32. The highest BCUT2D eigenvalue weighted by molar-refractivity contribution is 7.89. The molecule has 1 aromatic carbocycles. The van der Waals surface area contributed by atoms with Gasteiger partial charge >= 0.3 is 0 Å². The zero-order valence-corrected chi connectivity index (χ0v) is 18.5. The van der Waals surface area contributed by atoms with Gasteiger partial charge in [0.2, 0.25) is 10.0 Å². The van der Waals surface area contributed by atoms with Gasteiger partial charge in [-0.05, 0) is 62.8 Å². The third-order valence-electron chi connectivity index (χ3n) is 5.07. The van der Waals surface area contributed by atoms with Gasteiger partial charge in [0.15, 0.2) is 5.13 Å². The summed E-state index contributed by atoms with van der Waals surface area (Å²) in [7, 11) is -3.69. The lowest BCUT2D eigenvalue weighted by molar-refractivity contribution is 0.0976. The number of aliphatic hydroxyl groups excluding tert-OH is 1. The summed E-state index contributed by atoms with van der Waals surface area (Å²) in [5, 5.41) is 19.5. The first-order valence-electron chi connectivity index (χ1n) is 9.61. The van der Waals surface area contributed by atoms with Crippen molar-refractivity contribution in [2.75, 3.05) is 17.7 Å². The van der Waals surface area contributed by atoms with Crippen LogP contribution in [0.4, 0.5) is 10.8 Å². The van der Waals surface area contributed by atoms with Gasteiger partial charge in [0, 0.05) is 17.1 Å². The van der Waals surface area contributed by atoms with Gasteiger partial charge in [-0.25, -0.2) is 18.1 Å². The van der Waals surface area contributed by atoms with E-state index in [2.05, 4.69) is 11.1 Å². The van der Waals surface area contributed by atoms with Crippen molar-refractivity contribution in [3.05, 3.63) is 40.4 Å². The van der Waals surface area contributed by atoms with Crippen LogP contribution in [-0.2, 0) is 10.0 Å². The summed E-state index contributed by atoms with van der Waals surface area (Å²) in [6, 6.07) is 9.23. The Kier molecular flexibility index (Phi) is 6.75. The normalized spacial score (nSPS) is 19.1. The molecule has 30 heavy (non-hydrogen) atoms. The molecule has 0 bridgehead atoms. The Hall–Kier alpha value is -2.48. The fraction of sp³-hybridized carbons (Fsp3) is 0.450. The first-order chi connectivity index (χ1) is 14.2. The van der Waals surface area contributed by atoms with Gasteiger partial charge in [-0.15, -0.1) is 11.3 Å². The van der Waals surface area contributed by atoms with Crippen LogP contribution >= 0.6 is 11.3 Å². The van der Waals surface area contributed by atoms with Crippen molar-refractivity contribution >= 4 is 38.1 Å². The first-order valence-corrected chi connectivity index (χ1v) is 12.3. The second-order valence-electron chi connectivity index (χ2n) is 7.55. The minimum atomic E-state index is -3.69. The molecule has 8 nitrogen and oxygen atoms in total. The number of benzene rings is 1. The number of hydrogen-bond donors (Lipinski definition) is 2. The standard InChI is InChI=1S/C20H24N4O4S2/c1-13-18(19(26)23-30(2,27)28)22-20(29-13)24(12-15-5-9-17(25)10-6-15)16-7-3-14(11-21)4-8-16/h3-4,7-8,15,17,25H,5-6,9-10,12H2,1-2H3,(H,23,26)/t15-,17-. The average Bonchev–Trinajstić information content (AvgIpc) is 3.08. The number of hydrogen-bond acceptors (Lipinski definition) is 8. The quantitative estimate of drug-likeness (QED) is 0.696. The summed E-state index contributed by atoms with van der Waals surface area (Å²) in [4.78, 5) is 19.4. The Labute approximate surface area is 180 Å². The summed E-state index contributed by atoms with van der Waals surface area (Å²) in [6.07, 6.45) is 3.96. The molecule has 1 aliphatic rings. The largest absolute Gasteiger partial charge is 0.393 e. The Balaban J connectivity index is 1.92. The van der Waals surface area contributed by atoms with Gasteiger partial charge < -0.3 is 10.0 Å². The molecule has 1 saturated carbocycles. The van der Waals surface area contributed by atoms with Gasteiger partial charge in [-0.3, -0.25) is 4.79 Å². The number of nitrogens with zero attached hydrogens (tertiary/aromatic N) is 3. The van der Waals surface area contributed by atoms with Crippen molar-refractivity contribution in [1.82, 2.24) is 9.71 Å². The van der Waals surface area contributed by atoms with Crippen molar-refractivity contribution in [3.8, 4) is 6.07 Å². The number of amides is 1. The minimum Gasteiger partial charge on any atom is -0.393 e. The predicted octanol–water partition coefficient (Wildman–Crippen LogP) is 2.70. The number of aromatic nitrogens is 1. The number of anilines is 2. The van der Waals surface area contributed by atoms with E-state index in [1.165, 1.54) is 11.3 Å². The number of nitriles is 1. The topological polar surface area (TPSA) is 123 Å². The number of carbonyl (C=O) groups is 1. The number of rotatable bonds is 6. The molecule has 0 radical (unpaired) electrons. The highest BCUT2D eigenvalue weighted by atomic mass is 32.2. The molecular weight excluding hydrogens is 424 g/mol. The number of sulfonamides is 1. The van der Waals surface area contributed by atoms with Crippen LogP contribution in [0, 0.1) is 24.2 Å². The maximum absolute atomic E-state index is 12.3. The third kappa shape index (κ3) is 5.56. The smallest absolute Gasteiger partial charge is 0.284 e. The van der Waals surface area contributed by atoms with E-state index in [1.54, 1.807) is 19.1 Å². The van der Waals surface area contributed by atoms with E-state index in [4.69, 9.17) is 5.26 Å². The lowest BCUT2D eigenvalue weighted by Gasteiger charge is -2.31. The molecule has 1 amide bonds. The molecule has 0 spiro atoms. The van der Waals surface area contributed by atoms with Gasteiger partial charge in [-0.2, -0.15) is 5.26 Å². The monoisotopic (exact) mass is 448 g/mol. The molecule has 0 saturated heterocycles. The fourth-order valence-electron chi connectivity index (χ4n) is 3.52. The second-order valence-corrected chi connectivity index (χ2v) is 10.5. The van der Waals surface area contributed by atoms with Gasteiger partial charge in [0.25, 0.3) is 5.91 Å². The summed E-state index contributed by atoms with van der Waals surface area (Å²) in [5.41, 5.74) is 1.46. The highest BCUT2D eigenvalue weighted by Gasteiger charge is 2.26. The van der Waals surface area contributed by atoms with Crippen molar-refractivity contribution < 1.29 is 18.3 Å². The molecule has 10 heteroatoms. The molecule has 0 aliphatic heterocycles. The van der Waals surface area contributed by atoms with Crippen LogP contribution in [0.2, 0.25) is 0 Å². The van der Waals surface area contributed by atoms with Gasteiger partial charge in [0.1, 0.15) is 5.69 Å². The third-order valence-corrected chi connectivity index (χ3v) is 6.62. The zero-order chi connectivity index (χ0) is 21.9. The van der Waals surface area contributed by atoms with Crippen LogP contribution in [0.25, 0.3) is 0 Å². The van der Waals surface area contributed by atoms with Crippen LogP contribution in [-0.4, -0.2) is 43.3 Å². The number of thiazole rings is 1. The van der Waals surface area contributed by atoms with Crippen molar-refractivity contribution in [3.63, 3.8) is 0 Å². The first kappa shape index (κ1) is 22.2. The number of carbonyl (C=O) groups excluding carboxylic acids is 1. The van der Waals surface area contributed by atoms with E-state index in [0.29, 0.717) is 28.0 Å². The summed E-state index contributed by atoms with van der Waals surface area (Å²) < 4.78 is 24.8.